The minimum absolute atomic E-state index is 0.0276. The summed E-state index contributed by atoms with van der Waals surface area (Å²) >= 11 is 0. The van der Waals surface area contributed by atoms with Crippen LogP contribution in [0.25, 0.3) is 0 Å². The Kier molecular flexibility index (Phi) is 22.5. The monoisotopic (exact) mass is 435 g/mol. The number of ketones is 1. The van der Waals surface area contributed by atoms with Crippen LogP contribution in [0.1, 0.15) is 41.0 Å². The van der Waals surface area contributed by atoms with Crippen molar-refractivity contribution < 1.29 is 33.7 Å². The molecule has 0 saturated heterocycles. The van der Waals surface area contributed by atoms with Crippen LogP contribution in [0.2, 0.25) is 0 Å². The summed E-state index contributed by atoms with van der Waals surface area (Å²) in [6, 6.07) is -0.257. The second kappa shape index (κ2) is 22.1. The zero-order chi connectivity index (χ0) is 23.2. The van der Waals surface area contributed by atoms with Gasteiger partial charge in [-0.3, -0.25) is 14.4 Å². The number of ether oxygens (including phenoxy) is 3. The third-order valence-electron chi connectivity index (χ3n) is 3.43. The van der Waals surface area contributed by atoms with Gasteiger partial charge < -0.3 is 35.3 Å². The smallest absolute Gasteiger partial charge is 0.239 e. The minimum atomic E-state index is -0.425. The van der Waals surface area contributed by atoms with Crippen molar-refractivity contribution in [1.82, 2.24) is 16.0 Å². The molecule has 178 valence electrons. The van der Waals surface area contributed by atoms with E-state index in [4.69, 9.17) is 19.3 Å². The lowest BCUT2D eigenvalue weighted by Crippen LogP contribution is -2.46. The Hall–Kier alpha value is -1.59. The number of aliphatic hydroxyl groups excluding tert-OH is 1. The van der Waals surface area contributed by atoms with E-state index in [1.807, 2.05) is 27.7 Å². The molecule has 10 heteroatoms. The van der Waals surface area contributed by atoms with Gasteiger partial charge in [-0.05, 0) is 13.8 Å². The average Bonchev–Trinajstić information content (AvgIpc) is 2.74. The van der Waals surface area contributed by atoms with Gasteiger partial charge in [-0.15, -0.1) is 0 Å². The van der Waals surface area contributed by atoms with E-state index in [1.165, 1.54) is 0 Å². The van der Waals surface area contributed by atoms with Gasteiger partial charge in [0, 0.05) is 6.42 Å². The summed E-state index contributed by atoms with van der Waals surface area (Å²) in [5.74, 6) is -0.871. The SMILES string of the molecule is CC.CCC(=O)CNC(=O)CNC(=O)CNC(COCCO)COCCOC(C)C. The first kappa shape index (κ1) is 30.6. The third kappa shape index (κ3) is 21.1. The fourth-order valence-corrected chi connectivity index (χ4v) is 1.89. The van der Waals surface area contributed by atoms with E-state index in [1.54, 1.807) is 6.92 Å². The largest absolute Gasteiger partial charge is 0.394 e. The number of hydrogen-bond donors (Lipinski definition) is 4. The summed E-state index contributed by atoms with van der Waals surface area (Å²) in [7, 11) is 0. The highest BCUT2D eigenvalue weighted by Crippen LogP contribution is 1.92. The molecule has 0 spiro atoms. The van der Waals surface area contributed by atoms with E-state index in [2.05, 4.69) is 16.0 Å². The van der Waals surface area contributed by atoms with E-state index >= 15 is 0 Å². The van der Waals surface area contributed by atoms with Crippen molar-refractivity contribution in [3.63, 3.8) is 0 Å². The molecule has 0 aliphatic carbocycles. The van der Waals surface area contributed by atoms with Crippen molar-refractivity contribution in [3.8, 4) is 0 Å². The van der Waals surface area contributed by atoms with Crippen LogP contribution in [0.5, 0.6) is 0 Å². The predicted molar refractivity (Wildman–Crippen MR) is 114 cm³/mol. The van der Waals surface area contributed by atoms with Crippen LogP contribution in [0.15, 0.2) is 0 Å². The van der Waals surface area contributed by atoms with Crippen molar-refractivity contribution in [3.05, 3.63) is 0 Å². The van der Waals surface area contributed by atoms with Crippen molar-refractivity contribution in [2.75, 3.05) is 59.3 Å². The van der Waals surface area contributed by atoms with Crippen LogP contribution >= 0.6 is 0 Å². The molecule has 0 radical (unpaired) electrons. The van der Waals surface area contributed by atoms with Crippen LogP contribution < -0.4 is 16.0 Å². The molecule has 0 aliphatic rings. The fourth-order valence-electron chi connectivity index (χ4n) is 1.89. The predicted octanol–water partition coefficient (Wildman–Crippen LogP) is -0.367. The first-order valence-electron chi connectivity index (χ1n) is 10.5. The highest BCUT2D eigenvalue weighted by molar-refractivity contribution is 5.89. The minimum Gasteiger partial charge on any atom is -0.394 e. The van der Waals surface area contributed by atoms with E-state index in [0.29, 0.717) is 26.2 Å². The summed E-state index contributed by atoms with van der Waals surface area (Å²) in [6.45, 7) is 10.9. The van der Waals surface area contributed by atoms with E-state index in [-0.39, 0.29) is 63.3 Å². The number of carbonyl (C=O) groups is 3. The number of hydrogen-bond acceptors (Lipinski definition) is 8. The topological polar surface area (TPSA) is 135 Å². The highest BCUT2D eigenvalue weighted by atomic mass is 16.5. The number of aliphatic hydroxyl groups is 1. The maximum absolute atomic E-state index is 11.9. The van der Waals surface area contributed by atoms with Gasteiger partial charge in [-0.2, -0.15) is 0 Å². The normalized spacial score (nSPS) is 11.4. The summed E-state index contributed by atoms with van der Waals surface area (Å²) in [5.41, 5.74) is 0. The van der Waals surface area contributed by atoms with Gasteiger partial charge in [0.2, 0.25) is 11.8 Å². The second-order valence-electron chi connectivity index (χ2n) is 6.32. The number of Topliss-reactive ketones (excluding diaryl/α,β-unsaturated/α-hetero) is 1. The second-order valence-corrected chi connectivity index (χ2v) is 6.32. The molecule has 1 unspecified atom stereocenters. The first-order valence-corrected chi connectivity index (χ1v) is 10.5. The number of nitrogens with one attached hydrogen (secondary N) is 3. The molecule has 0 saturated carbocycles. The summed E-state index contributed by atoms with van der Waals surface area (Å²) in [6.07, 6.45) is 0.480. The Morgan fingerprint density at radius 3 is 2.00 bits per heavy atom. The molecule has 1 atom stereocenters. The fraction of sp³-hybridized carbons (Fsp3) is 0.850. The molecule has 2 amide bonds. The molecule has 0 aromatic heterocycles. The lowest BCUT2D eigenvalue weighted by molar-refractivity contribution is -0.127. The Morgan fingerprint density at radius 1 is 0.867 bits per heavy atom. The molecule has 10 nitrogen and oxygen atoms in total. The van der Waals surface area contributed by atoms with Gasteiger partial charge >= 0.3 is 0 Å². The molecule has 0 aromatic rings. The lowest BCUT2D eigenvalue weighted by atomic mass is 10.3. The Labute approximate surface area is 180 Å². The van der Waals surface area contributed by atoms with E-state index in [9.17, 15) is 14.4 Å². The summed E-state index contributed by atoms with van der Waals surface area (Å²) in [4.78, 5) is 34.6. The van der Waals surface area contributed by atoms with Gasteiger partial charge in [0.25, 0.3) is 0 Å². The van der Waals surface area contributed by atoms with Gasteiger partial charge in [-0.25, -0.2) is 0 Å². The average molecular weight is 436 g/mol. The van der Waals surface area contributed by atoms with Crippen LogP contribution in [0, 0.1) is 0 Å². The van der Waals surface area contributed by atoms with Crippen LogP contribution in [-0.2, 0) is 28.6 Å². The highest BCUT2D eigenvalue weighted by Gasteiger charge is 2.12. The third-order valence-corrected chi connectivity index (χ3v) is 3.43. The van der Waals surface area contributed by atoms with Crippen molar-refractivity contribution in [1.29, 1.82) is 0 Å². The molecule has 0 heterocycles. The number of rotatable bonds is 18. The van der Waals surface area contributed by atoms with E-state index < -0.39 is 5.91 Å². The standard InChI is InChI=1S/C18H35N3O7.C2H6/c1-4-16(23)9-20-18(25)11-21-17(24)10-19-15(12-26-6-5-22)13-27-7-8-28-14(2)3;1-2/h14-15,19,22H,4-13H2,1-3H3,(H,20,25)(H,21,24);1-2H3. The van der Waals surface area contributed by atoms with E-state index in [0.717, 1.165) is 0 Å². The van der Waals surface area contributed by atoms with Gasteiger partial charge in [-0.1, -0.05) is 20.8 Å². The molecule has 0 aliphatic heterocycles. The van der Waals surface area contributed by atoms with Gasteiger partial charge in [0.05, 0.1) is 71.4 Å². The van der Waals surface area contributed by atoms with Gasteiger partial charge in [0.15, 0.2) is 5.78 Å². The van der Waals surface area contributed by atoms with Crippen LogP contribution in [-0.4, -0.2) is 94.1 Å². The molecule has 0 rings (SSSR count). The first-order chi connectivity index (χ1) is 14.4. The molecule has 0 fully saturated rings. The summed E-state index contributed by atoms with van der Waals surface area (Å²) in [5, 5.41) is 16.7. The molecular weight excluding hydrogens is 394 g/mol. The quantitative estimate of drug-likeness (QED) is 0.214. The molecule has 0 aromatic carbocycles. The Bertz CT molecular complexity index is 448. The zero-order valence-electron chi connectivity index (χ0n) is 19.1. The van der Waals surface area contributed by atoms with Gasteiger partial charge in [0.1, 0.15) is 0 Å². The number of amides is 2. The van der Waals surface area contributed by atoms with Crippen LogP contribution in [0.4, 0.5) is 0 Å². The van der Waals surface area contributed by atoms with Crippen molar-refractivity contribution in [2.45, 2.75) is 53.2 Å². The maximum Gasteiger partial charge on any atom is 0.239 e. The Morgan fingerprint density at radius 2 is 1.43 bits per heavy atom. The summed E-state index contributed by atoms with van der Waals surface area (Å²) < 4.78 is 16.2. The maximum atomic E-state index is 11.9. The molecule has 4 N–H and O–H groups in total. The van der Waals surface area contributed by atoms with Crippen LogP contribution in [0.3, 0.4) is 0 Å². The van der Waals surface area contributed by atoms with Crippen molar-refractivity contribution in [2.24, 2.45) is 0 Å². The van der Waals surface area contributed by atoms with Crippen molar-refractivity contribution >= 4 is 17.6 Å². The molecule has 0 bridgehead atoms. The zero-order valence-corrected chi connectivity index (χ0v) is 19.1. The molecular formula is C20H41N3O7. The lowest BCUT2D eigenvalue weighted by Gasteiger charge is -2.19. The number of carbonyl (C=O) groups excluding carboxylic acids is 3. The molecule has 30 heavy (non-hydrogen) atoms. The Balaban J connectivity index is 0.